The van der Waals surface area contributed by atoms with E-state index in [0.29, 0.717) is 59.8 Å². The van der Waals surface area contributed by atoms with Crippen molar-refractivity contribution in [2.24, 2.45) is 0 Å². The van der Waals surface area contributed by atoms with Crippen LogP contribution in [-0.2, 0) is 0 Å². The van der Waals surface area contributed by atoms with Crippen LogP contribution in [0.1, 0.15) is 51.1 Å². The van der Waals surface area contributed by atoms with Gasteiger partial charge in [-0.2, -0.15) is 0 Å². The van der Waals surface area contributed by atoms with Gasteiger partial charge < -0.3 is 25.3 Å². The number of carbonyl (C=O) groups is 2. The maximum absolute atomic E-state index is 13.5. The minimum atomic E-state index is -0.573. The van der Waals surface area contributed by atoms with E-state index in [0.717, 1.165) is 25.9 Å². The standard InChI is InChI=1S/C25H29N3O4/c29-16(13-27-10-4-1-5-11-27)12-26-20-8-9-21(28-14-17(30)15-28)23-22(20)24(31)18-6-2-3-7-19(18)25(23)32/h2-3,6-9,16-17,26,29-30H,1,4-5,10-15H2. The molecule has 7 nitrogen and oxygen atoms in total. The Bertz CT molecular complexity index is 1040. The van der Waals surface area contributed by atoms with Crippen LogP contribution in [0.3, 0.4) is 0 Å². The number of benzene rings is 2. The molecule has 2 heterocycles. The van der Waals surface area contributed by atoms with Gasteiger partial charge in [-0.25, -0.2) is 0 Å². The Morgan fingerprint density at radius 1 is 0.938 bits per heavy atom. The number of rotatable bonds is 6. The second-order valence-corrected chi connectivity index (χ2v) is 9.04. The lowest BCUT2D eigenvalue weighted by molar-refractivity contribution is 0.0978. The van der Waals surface area contributed by atoms with Crippen LogP contribution in [-0.4, -0.2) is 78.2 Å². The van der Waals surface area contributed by atoms with Crippen LogP contribution >= 0.6 is 0 Å². The smallest absolute Gasteiger partial charge is 0.196 e. The molecule has 1 atom stereocenters. The highest BCUT2D eigenvalue weighted by atomic mass is 16.3. The third-order valence-corrected chi connectivity index (χ3v) is 6.70. The van der Waals surface area contributed by atoms with Gasteiger partial charge in [0.2, 0.25) is 0 Å². The molecule has 2 aliphatic heterocycles. The molecule has 3 N–H and O–H groups in total. The van der Waals surface area contributed by atoms with Gasteiger partial charge in [0.05, 0.1) is 23.3 Å². The van der Waals surface area contributed by atoms with Crippen molar-refractivity contribution < 1.29 is 19.8 Å². The Morgan fingerprint density at radius 2 is 1.59 bits per heavy atom. The number of piperidine rings is 1. The zero-order chi connectivity index (χ0) is 22.2. The van der Waals surface area contributed by atoms with Crippen molar-refractivity contribution in [1.82, 2.24) is 4.90 Å². The Morgan fingerprint density at radius 3 is 2.25 bits per heavy atom. The molecule has 0 saturated carbocycles. The van der Waals surface area contributed by atoms with Crippen LogP contribution < -0.4 is 10.2 Å². The number of likely N-dealkylation sites (tertiary alicyclic amines) is 1. The van der Waals surface area contributed by atoms with Gasteiger partial charge in [0.25, 0.3) is 0 Å². The Labute approximate surface area is 187 Å². The Hall–Kier alpha value is -2.74. The van der Waals surface area contributed by atoms with E-state index in [-0.39, 0.29) is 11.6 Å². The number of ketones is 2. The third kappa shape index (κ3) is 3.81. The SMILES string of the molecule is O=C1c2ccccc2C(=O)c2c(N3CC(O)C3)ccc(NCC(O)CN3CCCCC3)c21. The highest BCUT2D eigenvalue weighted by molar-refractivity contribution is 6.32. The summed E-state index contributed by atoms with van der Waals surface area (Å²) < 4.78 is 0. The highest BCUT2D eigenvalue weighted by Crippen LogP contribution is 2.39. The summed E-state index contributed by atoms with van der Waals surface area (Å²) in [6, 6.07) is 10.6. The van der Waals surface area contributed by atoms with Gasteiger partial charge in [-0.05, 0) is 38.1 Å². The van der Waals surface area contributed by atoms with E-state index in [1.54, 1.807) is 24.3 Å². The van der Waals surface area contributed by atoms with E-state index in [1.165, 1.54) is 6.42 Å². The van der Waals surface area contributed by atoms with Crippen molar-refractivity contribution in [2.75, 3.05) is 49.5 Å². The predicted octanol–water partition coefficient (Wildman–Crippen LogP) is 1.90. The summed E-state index contributed by atoms with van der Waals surface area (Å²) in [6.45, 7) is 3.79. The number of aliphatic hydroxyl groups excluding tert-OH is 2. The van der Waals surface area contributed by atoms with Gasteiger partial charge in [0.1, 0.15) is 0 Å². The number of nitrogens with zero attached hydrogens (tertiary/aromatic N) is 2. The minimum Gasteiger partial charge on any atom is -0.390 e. The van der Waals surface area contributed by atoms with E-state index >= 15 is 0 Å². The fourth-order valence-corrected chi connectivity index (χ4v) is 5.00. The molecule has 3 aliphatic rings. The van der Waals surface area contributed by atoms with Crippen molar-refractivity contribution in [3.63, 3.8) is 0 Å². The second kappa shape index (κ2) is 8.65. The molecule has 168 valence electrons. The number of hydrogen-bond acceptors (Lipinski definition) is 7. The van der Waals surface area contributed by atoms with Crippen molar-refractivity contribution in [3.8, 4) is 0 Å². The van der Waals surface area contributed by atoms with E-state index < -0.39 is 12.2 Å². The van der Waals surface area contributed by atoms with E-state index in [2.05, 4.69) is 10.2 Å². The van der Waals surface area contributed by atoms with Gasteiger partial charge in [-0.1, -0.05) is 30.7 Å². The monoisotopic (exact) mass is 435 g/mol. The molecule has 32 heavy (non-hydrogen) atoms. The lowest BCUT2D eigenvalue weighted by Gasteiger charge is -2.40. The number of anilines is 2. The molecule has 1 unspecified atom stereocenters. The molecule has 0 radical (unpaired) electrons. The lowest BCUT2D eigenvalue weighted by Crippen LogP contribution is -2.51. The molecule has 1 aliphatic carbocycles. The van der Waals surface area contributed by atoms with E-state index in [9.17, 15) is 19.8 Å². The molecule has 2 aromatic rings. The summed E-state index contributed by atoms with van der Waals surface area (Å²) in [5.74, 6) is -0.366. The number of hydrogen-bond donors (Lipinski definition) is 3. The first-order chi connectivity index (χ1) is 15.5. The van der Waals surface area contributed by atoms with Crippen LogP contribution in [0.5, 0.6) is 0 Å². The average Bonchev–Trinajstić information content (AvgIpc) is 2.79. The number of fused-ring (bicyclic) bond motifs is 2. The first-order valence-corrected chi connectivity index (χ1v) is 11.5. The van der Waals surface area contributed by atoms with Crippen molar-refractivity contribution in [2.45, 2.75) is 31.5 Å². The van der Waals surface area contributed by atoms with Crippen LogP contribution in [0, 0.1) is 0 Å². The van der Waals surface area contributed by atoms with Crippen molar-refractivity contribution >= 4 is 22.9 Å². The average molecular weight is 436 g/mol. The summed E-state index contributed by atoms with van der Waals surface area (Å²) in [6.07, 6.45) is 2.58. The fraction of sp³-hybridized carbons (Fsp3) is 0.440. The number of carbonyl (C=O) groups excluding carboxylic acids is 2. The van der Waals surface area contributed by atoms with Gasteiger partial charge in [-0.3, -0.25) is 9.59 Å². The maximum Gasteiger partial charge on any atom is 0.196 e. The van der Waals surface area contributed by atoms with Crippen molar-refractivity contribution in [1.29, 1.82) is 0 Å². The predicted molar refractivity (Wildman–Crippen MR) is 123 cm³/mol. The molecule has 2 aromatic carbocycles. The highest BCUT2D eigenvalue weighted by Gasteiger charge is 2.37. The molecule has 2 fully saturated rings. The normalized spacial score (nSPS) is 19.9. The van der Waals surface area contributed by atoms with E-state index in [1.807, 2.05) is 17.0 Å². The van der Waals surface area contributed by atoms with Gasteiger partial charge in [0.15, 0.2) is 11.6 Å². The van der Waals surface area contributed by atoms with Crippen molar-refractivity contribution in [3.05, 3.63) is 58.7 Å². The topological polar surface area (TPSA) is 93.1 Å². The summed E-state index contributed by atoms with van der Waals surface area (Å²) >= 11 is 0. The molecule has 5 rings (SSSR count). The zero-order valence-corrected chi connectivity index (χ0v) is 18.1. The lowest BCUT2D eigenvalue weighted by atomic mass is 9.81. The van der Waals surface area contributed by atoms with Gasteiger partial charge in [-0.15, -0.1) is 0 Å². The molecular formula is C25H29N3O4. The van der Waals surface area contributed by atoms with Crippen LogP contribution in [0.4, 0.5) is 11.4 Å². The van der Waals surface area contributed by atoms with Gasteiger partial charge in [0, 0.05) is 48.7 Å². The zero-order valence-electron chi connectivity index (χ0n) is 18.1. The molecule has 2 saturated heterocycles. The summed E-state index contributed by atoms with van der Waals surface area (Å²) in [5, 5.41) is 23.6. The second-order valence-electron chi connectivity index (χ2n) is 9.04. The first kappa shape index (κ1) is 21.1. The quantitative estimate of drug-likeness (QED) is 0.545. The van der Waals surface area contributed by atoms with Gasteiger partial charge >= 0.3 is 0 Å². The number of β-amino-alcohol motifs (C(OH)–C–C–N with tert-alkyl or cyclic N) is 2. The summed E-state index contributed by atoms with van der Waals surface area (Å²) in [7, 11) is 0. The first-order valence-electron chi connectivity index (χ1n) is 11.5. The maximum atomic E-state index is 13.5. The Kier molecular flexibility index (Phi) is 5.71. The molecule has 7 heteroatoms. The number of nitrogens with one attached hydrogen (secondary N) is 1. The third-order valence-electron chi connectivity index (χ3n) is 6.70. The fourth-order valence-electron chi connectivity index (χ4n) is 5.00. The molecule has 0 amide bonds. The molecular weight excluding hydrogens is 406 g/mol. The summed E-state index contributed by atoms with van der Waals surface area (Å²) in [4.78, 5) is 31.1. The van der Waals surface area contributed by atoms with E-state index in [4.69, 9.17) is 0 Å². The summed E-state index contributed by atoms with van der Waals surface area (Å²) in [5.41, 5.74) is 2.80. The van der Waals surface area contributed by atoms with Crippen LogP contribution in [0.25, 0.3) is 0 Å². The molecule has 0 spiro atoms. The minimum absolute atomic E-state index is 0.177. The van der Waals surface area contributed by atoms with Crippen LogP contribution in [0.15, 0.2) is 36.4 Å². The molecule has 0 aromatic heterocycles. The Balaban J connectivity index is 1.44. The number of aliphatic hydroxyl groups is 2. The van der Waals surface area contributed by atoms with Crippen LogP contribution in [0.2, 0.25) is 0 Å². The molecule has 0 bridgehead atoms. The largest absolute Gasteiger partial charge is 0.390 e.